The number of urea groups is 1. The first-order valence-corrected chi connectivity index (χ1v) is 13.8. The van der Waals surface area contributed by atoms with Crippen molar-refractivity contribution in [3.8, 4) is 5.75 Å². The normalized spacial score (nSPS) is 15.1. The molecule has 3 aromatic rings. The van der Waals surface area contributed by atoms with Gasteiger partial charge < -0.3 is 30.5 Å². The van der Waals surface area contributed by atoms with Crippen LogP contribution in [0.4, 0.5) is 39.2 Å². The lowest BCUT2D eigenvalue weighted by molar-refractivity contribution is -0.111. The zero-order valence-corrected chi connectivity index (χ0v) is 23.5. The minimum Gasteiger partial charge on any atom is -0.494 e. The molecule has 0 atom stereocenters. The Hall–Kier alpha value is -4.64. The molecule has 0 unspecified atom stereocenters. The molecular formula is C30H36N8O3. The zero-order valence-electron chi connectivity index (χ0n) is 23.5. The van der Waals surface area contributed by atoms with Gasteiger partial charge in [0.1, 0.15) is 23.7 Å². The number of methoxy groups -OCH3 is 1. The minimum atomic E-state index is -0.340. The van der Waals surface area contributed by atoms with E-state index in [1.807, 2.05) is 12.1 Å². The molecule has 3 N–H and O–H groups in total. The van der Waals surface area contributed by atoms with Gasteiger partial charge in [0.05, 0.1) is 18.5 Å². The number of anilines is 6. The Morgan fingerprint density at radius 3 is 2.63 bits per heavy atom. The van der Waals surface area contributed by atoms with Gasteiger partial charge in [0.15, 0.2) is 0 Å². The number of nitrogens with zero attached hydrogens (tertiary/aromatic N) is 5. The van der Waals surface area contributed by atoms with Gasteiger partial charge in [0.25, 0.3) is 0 Å². The fraction of sp³-hybridized carbons (Fsp3) is 0.333. The van der Waals surface area contributed by atoms with Crippen molar-refractivity contribution in [3.63, 3.8) is 0 Å². The van der Waals surface area contributed by atoms with Gasteiger partial charge in [-0.25, -0.2) is 19.7 Å². The van der Waals surface area contributed by atoms with E-state index in [0.717, 1.165) is 50.4 Å². The summed E-state index contributed by atoms with van der Waals surface area (Å²) in [6.07, 6.45) is 4.83. The van der Waals surface area contributed by atoms with Crippen molar-refractivity contribution >= 4 is 46.3 Å². The van der Waals surface area contributed by atoms with Crippen molar-refractivity contribution in [3.05, 3.63) is 67.5 Å². The van der Waals surface area contributed by atoms with Gasteiger partial charge in [0.2, 0.25) is 5.91 Å². The van der Waals surface area contributed by atoms with E-state index in [2.05, 4.69) is 55.4 Å². The molecule has 2 aromatic carbocycles. The summed E-state index contributed by atoms with van der Waals surface area (Å²) in [4.78, 5) is 40.3. The van der Waals surface area contributed by atoms with E-state index in [-0.39, 0.29) is 11.9 Å². The average Bonchev–Trinajstić information content (AvgIpc) is 3.82. The van der Waals surface area contributed by atoms with E-state index in [0.29, 0.717) is 41.2 Å². The predicted molar refractivity (Wildman–Crippen MR) is 162 cm³/mol. The average molecular weight is 557 g/mol. The molecule has 2 aliphatic rings. The first-order chi connectivity index (χ1) is 19.9. The summed E-state index contributed by atoms with van der Waals surface area (Å²) < 4.78 is 5.71. The van der Waals surface area contributed by atoms with Crippen LogP contribution in [0.25, 0.3) is 0 Å². The first kappa shape index (κ1) is 27.9. The van der Waals surface area contributed by atoms with Crippen LogP contribution in [0.2, 0.25) is 0 Å². The monoisotopic (exact) mass is 556 g/mol. The van der Waals surface area contributed by atoms with Gasteiger partial charge in [0, 0.05) is 56.2 Å². The number of carbonyl (C=O) groups excluding carboxylic acids is 2. The van der Waals surface area contributed by atoms with Crippen molar-refractivity contribution in [1.82, 2.24) is 20.2 Å². The summed E-state index contributed by atoms with van der Waals surface area (Å²) in [5.74, 6) is 1.72. The number of likely N-dealkylation sites (N-methyl/N-ethyl adjacent to an activating group) is 1. The van der Waals surface area contributed by atoms with E-state index in [4.69, 9.17) is 4.74 Å². The summed E-state index contributed by atoms with van der Waals surface area (Å²) >= 11 is 0. The van der Waals surface area contributed by atoms with E-state index in [9.17, 15) is 9.59 Å². The quantitative estimate of drug-likeness (QED) is 0.316. The van der Waals surface area contributed by atoms with Gasteiger partial charge in [-0.05, 0) is 62.2 Å². The number of hydrogen-bond acceptors (Lipinski definition) is 8. The number of hydrogen-bond donors (Lipinski definition) is 3. The fourth-order valence-corrected chi connectivity index (χ4v) is 4.62. The molecule has 0 spiro atoms. The summed E-state index contributed by atoms with van der Waals surface area (Å²) in [6, 6.07) is 14.5. The van der Waals surface area contributed by atoms with Crippen LogP contribution in [-0.2, 0) is 4.79 Å². The molecule has 214 valence electrons. The van der Waals surface area contributed by atoms with Crippen LogP contribution in [0, 0.1) is 5.92 Å². The number of piperazine rings is 1. The molecule has 1 aromatic heterocycles. The lowest BCUT2D eigenvalue weighted by Gasteiger charge is -2.34. The van der Waals surface area contributed by atoms with Crippen LogP contribution in [0.5, 0.6) is 5.75 Å². The van der Waals surface area contributed by atoms with Crippen LogP contribution in [-0.4, -0.2) is 73.7 Å². The molecule has 0 radical (unpaired) electrons. The maximum Gasteiger partial charge on any atom is 0.327 e. The lowest BCUT2D eigenvalue weighted by atomic mass is 10.2. The minimum absolute atomic E-state index is 0.317. The number of carbonyl (C=O) groups is 2. The second-order valence-electron chi connectivity index (χ2n) is 10.3. The van der Waals surface area contributed by atoms with Gasteiger partial charge in [-0.3, -0.25) is 4.79 Å². The molecule has 1 aliphatic carbocycles. The van der Waals surface area contributed by atoms with Crippen LogP contribution in [0.3, 0.4) is 0 Å². The Morgan fingerprint density at radius 1 is 1.10 bits per heavy atom. The van der Waals surface area contributed by atoms with Crippen molar-refractivity contribution in [1.29, 1.82) is 0 Å². The second kappa shape index (κ2) is 12.7. The molecule has 1 aliphatic heterocycles. The van der Waals surface area contributed by atoms with Gasteiger partial charge >= 0.3 is 6.03 Å². The van der Waals surface area contributed by atoms with Crippen molar-refractivity contribution < 1.29 is 14.3 Å². The molecule has 0 bridgehead atoms. The Labute approximate surface area is 240 Å². The predicted octanol–water partition coefficient (Wildman–Crippen LogP) is 4.36. The maximum atomic E-state index is 13.4. The summed E-state index contributed by atoms with van der Waals surface area (Å²) in [6.45, 7) is 8.04. The molecule has 1 saturated heterocycles. The second-order valence-corrected chi connectivity index (χ2v) is 10.3. The van der Waals surface area contributed by atoms with Crippen LogP contribution >= 0.6 is 0 Å². The number of aromatic nitrogens is 2. The number of rotatable bonds is 10. The van der Waals surface area contributed by atoms with Gasteiger partial charge in [-0.1, -0.05) is 12.6 Å². The van der Waals surface area contributed by atoms with Gasteiger partial charge in [-0.2, -0.15) is 0 Å². The Balaban J connectivity index is 1.40. The zero-order chi connectivity index (χ0) is 28.8. The molecule has 2 heterocycles. The SMILES string of the molecule is C=CC(=O)Nc1cccc(N(C(=O)NCC2CC2)c2cc(Nc3ccc(N4CCN(C)CC4)cc3OC)ncn2)c1. The number of ether oxygens (including phenoxy) is 1. The Morgan fingerprint density at radius 2 is 1.90 bits per heavy atom. The summed E-state index contributed by atoms with van der Waals surface area (Å²) in [5.41, 5.74) is 2.92. The highest BCUT2D eigenvalue weighted by atomic mass is 16.5. The third kappa shape index (κ3) is 7.12. The third-order valence-electron chi connectivity index (χ3n) is 7.20. The molecule has 2 fully saturated rings. The Bertz CT molecular complexity index is 1400. The highest BCUT2D eigenvalue weighted by Gasteiger charge is 2.26. The summed E-state index contributed by atoms with van der Waals surface area (Å²) in [7, 11) is 3.78. The van der Waals surface area contributed by atoms with Crippen molar-refractivity contribution in [2.75, 3.05) is 67.3 Å². The molecular weight excluding hydrogens is 520 g/mol. The van der Waals surface area contributed by atoms with Gasteiger partial charge in [-0.15, -0.1) is 0 Å². The highest BCUT2D eigenvalue weighted by Crippen LogP contribution is 2.34. The number of nitrogens with one attached hydrogen (secondary N) is 3. The maximum absolute atomic E-state index is 13.4. The number of amides is 3. The topological polar surface area (TPSA) is 115 Å². The largest absolute Gasteiger partial charge is 0.494 e. The smallest absolute Gasteiger partial charge is 0.327 e. The molecule has 11 nitrogen and oxygen atoms in total. The van der Waals surface area contributed by atoms with Crippen LogP contribution in [0.1, 0.15) is 12.8 Å². The molecule has 41 heavy (non-hydrogen) atoms. The number of benzene rings is 2. The molecule has 3 amide bonds. The van der Waals surface area contributed by atoms with Crippen LogP contribution in [0.15, 0.2) is 67.5 Å². The molecule has 11 heteroatoms. The third-order valence-corrected chi connectivity index (χ3v) is 7.20. The van der Waals surface area contributed by atoms with Crippen LogP contribution < -0.4 is 30.5 Å². The van der Waals surface area contributed by atoms with Crippen molar-refractivity contribution in [2.45, 2.75) is 12.8 Å². The molecule has 1 saturated carbocycles. The van der Waals surface area contributed by atoms with E-state index < -0.39 is 0 Å². The van der Waals surface area contributed by atoms with E-state index in [1.165, 1.54) is 17.3 Å². The Kier molecular flexibility index (Phi) is 8.64. The van der Waals surface area contributed by atoms with Crippen molar-refractivity contribution in [2.24, 2.45) is 5.92 Å². The first-order valence-electron chi connectivity index (χ1n) is 13.8. The van der Waals surface area contributed by atoms with E-state index in [1.54, 1.807) is 37.4 Å². The molecule has 5 rings (SSSR count). The highest BCUT2D eigenvalue weighted by molar-refractivity contribution is 6.01. The van der Waals surface area contributed by atoms with E-state index >= 15 is 0 Å². The standard InChI is InChI=1S/C30H36N8O3/c1-4-29(39)34-22-6-5-7-24(16-22)38(30(40)31-19-21-8-9-21)28-18-27(32-20-33-28)35-25-11-10-23(17-26(25)41-3)37-14-12-36(2)13-15-37/h4-7,10-11,16-18,20-21H,1,8-9,12-15,19H2,2-3H3,(H,31,40)(H,34,39)(H,32,33,35). The fourth-order valence-electron chi connectivity index (χ4n) is 4.62. The lowest BCUT2D eigenvalue weighted by Crippen LogP contribution is -2.44. The summed E-state index contributed by atoms with van der Waals surface area (Å²) in [5, 5.41) is 9.08.